The van der Waals surface area contributed by atoms with E-state index in [1.54, 1.807) is 6.92 Å². The van der Waals surface area contributed by atoms with E-state index in [1.807, 2.05) is 25.1 Å². The summed E-state index contributed by atoms with van der Waals surface area (Å²) in [5.74, 6) is 1.78. The van der Waals surface area contributed by atoms with Crippen molar-refractivity contribution in [1.82, 2.24) is 4.90 Å². The lowest BCUT2D eigenvalue weighted by molar-refractivity contribution is -0.277. The molecular formula is C48H71NO5. The number of ether oxygens (including phenoxy) is 2. The van der Waals surface area contributed by atoms with Crippen LogP contribution >= 0.6 is 0 Å². The second-order valence-electron chi connectivity index (χ2n) is 20.9. The molecule has 5 aliphatic carbocycles. The van der Waals surface area contributed by atoms with Gasteiger partial charge in [-0.1, -0.05) is 84.0 Å². The van der Waals surface area contributed by atoms with Crippen LogP contribution in [0.25, 0.3) is 0 Å². The van der Waals surface area contributed by atoms with E-state index in [4.69, 9.17) is 9.47 Å². The Bertz CT molecular complexity index is 1640. The van der Waals surface area contributed by atoms with Crippen LogP contribution in [0, 0.1) is 61.6 Å². The number of hydrogen-bond acceptors (Lipinski definition) is 5. The molecule has 1 aromatic carbocycles. The Labute approximate surface area is 327 Å². The summed E-state index contributed by atoms with van der Waals surface area (Å²) < 4.78 is 11.7. The molecule has 0 N–H and O–H groups in total. The highest BCUT2D eigenvalue weighted by Crippen LogP contribution is 2.81. The third kappa shape index (κ3) is 5.54. The zero-order valence-corrected chi connectivity index (χ0v) is 35.3. The Balaban J connectivity index is 1.18. The quantitative estimate of drug-likeness (QED) is 0.206. The first kappa shape index (κ1) is 39.6. The lowest BCUT2D eigenvalue weighted by atomic mass is 9.29. The van der Waals surface area contributed by atoms with Crippen LogP contribution in [-0.2, 0) is 30.3 Å². The summed E-state index contributed by atoms with van der Waals surface area (Å²) in [6, 6.07) is 10.3. The molecular weight excluding hydrogens is 671 g/mol. The Hall–Kier alpha value is -2.63. The number of piperidine rings is 1. The van der Waals surface area contributed by atoms with Crippen molar-refractivity contribution in [3.05, 3.63) is 48.0 Å². The monoisotopic (exact) mass is 742 g/mol. The Morgan fingerprint density at radius 3 is 2.06 bits per heavy atom. The van der Waals surface area contributed by atoms with E-state index >= 15 is 4.79 Å². The molecule has 6 aliphatic rings. The fraction of sp³-hybridized carbons (Fsp3) is 0.771. The van der Waals surface area contributed by atoms with Crippen LogP contribution in [0.1, 0.15) is 145 Å². The highest BCUT2D eigenvalue weighted by Gasteiger charge is 2.76. The molecule has 5 saturated carbocycles. The molecule has 7 rings (SSSR count). The van der Waals surface area contributed by atoms with Gasteiger partial charge >= 0.3 is 11.9 Å². The molecule has 1 saturated heterocycles. The lowest BCUT2D eigenvalue weighted by Gasteiger charge is -2.76. The number of benzene rings is 1. The van der Waals surface area contributed by atoms with Gasteiger partial charge in [0, 0.05) is 25.4 Å². The van der Waals surface area contributed by atoms with Crippen LogP contribution < -0.4 is 0 Å². The molecule has 6 heteroatoms. The van der Waals surface area contributed by atoms with Gasteiger partial charge in [0.2, 0.25) is 5.91 Å². The van der Waals surface area contributed by atoms with Gasteiger partial charge in [-0.15, -0.1) is 0 Å². The van der Waals surface area contributed by atoms with Crippen molar-refractivity contribution in [1.29, 1.82) is 0 Å². The third-order valence-electron chi connectivity index (χ3n) is 18.6. The van der Waals surface area contributed by atoms with E-state index in [0.717, 1.165) is 56.9 Å². The Kier molecular flexibility index (Phi) is 9.90. The van der Waals surface area contributed by atoms with Crippen LogP contribution in [0.2, 0.25) is 0 Å². The van der Waals surface area contributed by atoms with E-state index in [1.165, 1.54) is 18.4 Å². The maximum atomic E-state index is 15.4. The van der Waals surface area contributed by atoms with Crippen molar-refractivity contribution >= 4 is 17.8 Å². The van der Waals surface area contributed by atoms with Crippen molar-refractivity contribution in [3.63, 3.8) is 0 Å². The third-order valence-corrected chi connectivity index (χ3v) is 18.6. The molecule has 0 radical (unpaired) electrons. The second kappa shape index (κ2) is 13.5. The topological polar surface area (TPSA) is 72.9 Å². The average Bonchev–Trinajstić information content (AvgIpc) is 3.54. The first-order chi connectivity index (χ1) is 25.4. The molecule has 298 valence electrons. The van der Waals surface area contributed by atoms with Gasteiger partial charge in [0.25, 0.3) is 0 Å². The summed E-state index contributed by atoms with van der Waals surface area (Å²) in [5, 5.41) is 0. The van der Waals surface area contributed by atoms with E-state index in [9.17, 15) is 9.59 Å². The van der Waals surface area contributed by atoms with Crippen molar-refractivity contribution in [3.8, 4) is 0 Å². The second-order valence-corrected chi connectivity index (χ2v) is 20.9. The molecule has 0 aromatic heterocycles. The number of amides is 1. The fourth-order valence-corrected chi connectivity index (χ4v) is 15.7. The van der Waals surface area contributed by atoms with Crippen molar-refractivity contribution in [2.45, 2.75) is 152 Å². The fourth-order valence-electron chi connectivity index (χ4n) is 15.7. The Morgan fingerprint density at radius 2 is 1.43 bits per heavy atom. The molecule has 54 heavy (non-hydrogen) atoms. The average molecular weight is 742 g/mol. The van der Waals surface area contributed by atoms with Crippen LogP contribution in [0.15, 0.2) is 42.5 Å². The number of esters is 2. The molecule has 0 spiro atoms. The summed E-state index contributed by atoms with van der Waals surface area (Å²) in [4.78, 5) is 43.4. The summed E-state index contributed by atoms with van der Waals surface area (Å²) in [6.07, 6.45) is 12.7. The summed E-state index contributed by atoms with van der Waals surface area (Å²) in [6.45, 7) is 27.1. The maximum Gasteiger partial charge on any atom is 0.312 e. The van der Waals surface area contributed by atoms with Crippen LogP contribution in [-0.4, -0.2) is 48.5 Å². The lowest BCUT2D eigenvalue weighted by Crippen LogP contribution is -2.70. The molecule has 0 bridgehead atoms. The van der Waals surface area contributed by atoms with Gasteiger partial charge in [0.15, 0.2) is 0 Å². The van der Waals surface area contributed by atoms with Crippen molar-refractivity contribution < 1.29 is 23.9 Å². The standard InChI is InChI=1S/C48H71NO5/c1-11-53-41(52)47(31-34-15-13-12-14-16-34)27-29-49(30-28-47)40(51)48-24-17-35(32(2)3)39(48)45(9)23-19-37-43(7)21-20-38(54-33(4)50)42(5,6)36(43)18-22-44(37,8)46(45,10)25-26-48/h12-16,35-39H,2,11,17-31H2,1,3-10H3. The summed E-state index contributed by atoms with van der Waals surface area (Å²) in [7, 11) is 0. The van der Waals surface area contributed by atoms with Gasteiger partial charge in [-0.2, -0.15) is 0 Å². The van der Waals surface area contributed by atoms with E-state index in [-0.39, 0.29) is 51.0 Å². The minimum absolute atomic E-state index is 0.00226. The van der Waals surface area contributed by atoms with E-state index < -0.39 is 10.8 Å². The first-order valence-electron chi connectivity index (χ1n) is 21.7. The SMILES string of the molecule is C=C(C)C1CCC2(C(=O)N3CCC(Cc4ccccc4)(C(=O)OCC)CC3)CCC3(C)C(C)(CCC4C5(C)CCC(OC(C)=O)C(C)(C)C5CCC43C)C12. The minimum atomic E-state index is -0.605. The van der Waals surface area contributed by atoms with Gasteiger partial charge in [-0.25, -0.2) is 0 Å². The number of carbonyl (C=O) groups is 3. The molecule has 6 nitrogen and oxygen atoms in total. The van der Waals surface area contributed by atoms with Crippen molar-refractivity contribution in [2.75, 3.05) is 19.7 Å². The zero-order chi connectivity index (χ0) is 39.1. The van der Waals surface area contributed by atoms with Gasteiger partial charge in [-0.05, 0) is 148 Å². The highest BCUT2D eigenvalue weighted by atomic mass is 16.5. The van der Waals surface area contributed by atoms with Gasteiger partial charge in [0.1, 0.15) is 6.10 Å². The summed E-state index contributed by atoms with van der Waals surface area (Å²) in [5.41, 5.74) is 1.75. The van der Waals surface area contributed by atoms with Crippen molar-refractivity contribution in [2.24, 2.45) is 61.6 Å². The van der Waals surface area contributed by atoms with Gasteiger partial charge in [0.05, 0.1) is 17.4 Å². The number of allylic oxidation sites excluding steroid dienone is 1. The number of carbonyl (C=O) groups excluding carboxylic acids is 3. The highest BCUT2D eigenvalue weighted by molar-refractivity contribution is 5.85. The predicted molar refractivity (Wildman–Crippen MR) is 214 cm³/mol. The van der Waals surface area contributed by atoms with E-state index in [2.05, 4.69) is 72.1 Å². The maximum absolute atomic E-state index is 15.4. The number of hydrogen-bond donors (Lipinski definition) is 0. The Morgan fingerprint density at radius 1 is 0.778 bits per heavy atom. The molecule has 1 aromatic rings. The van der Waals surface area contributed by atoms with Gasteiger partial charge < -0.3 is 14.4 Å². The van der Waals surface area contributed by atoms with Crippen LogP contribution in [0.4, 0.5) is 0 Å². The van der Waals surface area contributed by atoms with Crippen LogP contribution in [0.3, 0.4) is 0 Å². The molecule has 10 atom stereocenters. The number of fused-ring (bicyclic) bond motifs is 7. The number of nitrogens with zero attached hydrogens (tertiary/aromatic N) is 1. The normalized spacial score (nSPS) is 42.0. The molecule has 1 amide bonds. The largest absolute Gasteiger partial charge is 0.466 e. The minimum Gasteiger partial charge on any atom is -0.466 e. The zero-order valence-electron chi connectivity index (χ0n) is 35.3. The first-order valence-corrected chi connectivity index (χ1v) is 21.7. The number of rotatable bonds is 7. The van der Waals surface area contributed by atoms with E-state index in [0.29, 0.717) is 62.6 Å². The molecule has 6 fully saturated rings. The molecule has 1 aliphatic heterocycles. The predicted octanol–water partition coefficient (Wildman–Crippen LogP) is 10.4. The van der Waals surface area contributed by atoms with Crippen LogP contribution in [0.5, 0.6) is 0 Å². The summed E-state index contributed by atoms with van der Waals surface area (Å²) >= 11 is 0. The molecule has 1 heterocycles. The van der Waals surface area contributed by atoms with Gasteiger partial charge in [-0.3, -0.25) is 14.4 Å². The number of likely N-dealkylation sites (tertiary alicyclic amines) is 1. The molecule has 10 unspecified atom stereocenters. The smallest absolute Gasteiger partial charge is 0.312 e.